The molecule has 0 unspecified atom stereocenters. The maximum atomic E-state index is 11.1. The average Bonchev–Trinajstić information content (AvgIpc) is 2.59. The van der Waals surface area contributed by atoms with Crippen molar-refractivity contribution in [2.45, 2.75) is 39.3 Å². The van der Waals surface area contributed by atoms with Gasteiger partial charge < -0.3 is 9.30 Å². The number of aromatic nitrogens is 1. The molecule has 0 bridgehead atoms. The molecule has 1 aromatic rings. The van der Waals surface area contributed by atoms with Crippen molar-refractivity contribution < 1.29 is 9.53 Å². The zero-order chi connectivity index (χ0) is 12.2. The number of carbonyl (C=O) groups is 1. The summed E-state index contributed by atoms with van der Waals surface area (Å²) in [6, 6.07) is 3.00. The number of carbonyl (C=O) groups excluding carboxylic acids is 1. The van der Waals surface area contributed by atoms with Gasteiger partial charge in [0.2, 0.25) is 0 Å². The van der Waals surface area contributed by atoms with Crippen molar-refractivity contribution in [1.82, 2.24) is 4.57 Å². The van der Waals surface area contributed by atoms with Crippen LogP contribution in [0.3, 0.4) is 0 Å². The Labute approximate surface area is 98.4 Å². The minimum atomic E-state index is -0.996. The number of hydrogen-bond acceptors (Lipinski definition) is 2. The molecule has 3 nitrogen and oxygen atoms in total. The van der Waals surface area contributed by atoms with Crippen LogP contribution in [0.25, 0.3) is 0 Å². The molecule has 0 N–H and O–H groups in total. The first-order valence-electron chi connectivity index (χ1n) is 5.63. The molecule has 16 heavy (non-hydrogen) atoms. The van der Waals surface area contributed by atoms with Gasteiger partial charge in [0.05, 0.1) is 0 Å². The second-order valence-corrected chi connectivity index (χ2v) is 10.9. The van der Waals surface area contributed by atoms with E-state index in [4.69, 9.17) is 4.74 Å². The van der Waals surface area contributed by atoms with E-state index in [1.54, 1.807) is 6.92 Å². The summed E-state index contributed by atoms with van der Waals surface area (Å²) in [4.78, 5) is 11.1. The van der Waals surface area contributed by atoms with Crippen LogP contribution in [0.4, 0.5) is 0 Å². The summed E-state index contributed by atoms with van der Waals surface area (Å²) in [5, 5.41) is 0. The Morgan fingerprint density at radius 1 is 1.44 bits per heavy atom. The molecule has 90 valence electrons. The van der Waals surface area contributed by atoms with Crippen LogP contribution >= 0.6 is 0 Å². The highest BCUT2D eigenvalue weighted by Gasteiger charge is 2.11. The predicted molar refractivity (Wildman–Crippen MR) is 68.5 cm³/mol. The first-order valence-corrected chi connectivity index (χ1v) is 9.34. The van der Waals surface area contributed by atoms with Gasteiger partial charge in [-0.25, -0.2) is 0 Å². The number of rotatable bonds is 6. The van der Waals surface area contributed by atoms with Gasteiger partial charge >= 0.3 is 0 Å². The van der Waals surface area contributed by atoms with Gasteiger partial charge in [-0.2, -0.15) is 0 Å². The van der Waals surface area contributed by atoms with Crippen molar-refractivity contribution >= 4 is 13.9 Å². The fourth-order valence-electron chi connectivity index (χ4n) is 1.28. The fraction of sp³-hybridized carbons (Fsp3) is 0.583. The molecule has 0 saturated carbocycles. The summed E-state index contributed by atoms with van der Waals surface area (Å²) >= 11 is 0. The predicted octanol–water partition coefficient (Wildman–Crippen LogP) is 3.00. The fourth-order valence-corrected chi connectivity index (χ4v) is 2.03. The average molecular weight is 239 g/mol. The molecule has 4 heteroatoms. The van der Waals surface area contributed by atoms with Crippen LogP contribution in [0.5, 0.6) is 0 Å². The zero-order valence-electron chi connectivity index (χ0n) is 10.6. The Morgan fingerprint density at radius 2 is 2.12 bits per heavy atom. The Hall–Kier alpha value is -0.873. The summed E-state index contributed by atoms with van der Waals surface area (Å²) in [5.41, 5.74) is 0.744. The number of hydrogen-bond donors (Lipinski definition) is 0. The second kappa shape index (κ2) is 5.45. The lowest BCUT2D eigenvalue weighted by Gasteiger charge is -2.15. The molecule has 0 atom stereocenters. The molecule has 0 aliphatic carbocycles. The van der Waals surface area contributed by atoms with Crippen LogP contribution in [0.2, 0.25) is 25.7 Å². The molecule has 0 amide bonds. The van der Waals surface area contributed by atoms with Crippen LogP contribution in [0.1, 0.15) is 17.3 Å². The summed E-state index contributed by atoms with van der Waals surface area (Å²) in [5.74, 6) is 0.0980. The number of ketones is 1. The number of Topliss-reactive ketones (excluding diaryl/α,β-unsaturated/α-hetero) is 1. The van der Waals surface area contributed by atoms with E-state index in [1.165, 1.54) is 6.04 Å². The van der Waals surface area contributed by atoms with E-state index in [1.807, 2.05) is 23.0 Å². The monoisotopic (exact) mass is 239 g/mol. The second-order valence-electron chi connectivity index (χ2n) is 5.32. The highest BCUT2D eigenvalue weighted by Crippen LogP contribution is 2.08. The Morgan fingerprint density at radius 3 is 2.62 bits per heavy atom. The topological polar surface area (TPSA) is 31.2 Å². The lowest BCUT2D eigenvalue weighted by Crippen LogP contribution is -2.21. The third kappa shape index (κ3) is 4.77. The third-order valence-electron chi connectivity index (χ3n) is 2.39. The van der Waals surface area contributed by atoms with Crippen LogP contribution < -0.4 is 0 Å². The van der Waals surface area contributed by atoms with E-state index in [9.17, 15) is 4.79 Å². The molecular weight excluding hydrogens is 218 g/mol. The summed E-state index contributed by atoms with van der Waals surface area (Å²) in [6.07, 6.45) is 3.71. The van der Waals surface area contributed by atoms with E-state index in [2.05, 4.69) is 19.6 Å². The normalized spacial score (nSPS) is 11.8. The lowest BCUT2D eigenvalue weighted by molar-refractivity contribution is 0.0872. The number of nitrogens with zero attached hydrogens (tertiary/aromatic N) is 1. The largest absolute Gasteiger partial charge is 0.361 e. The van der Waals surface area contributed by atoms with Gasteiger partial charge in [0.25, 0.3) is 0 Å². The molecule has 1 rings (SSSR count). The van der Waals surface area contributed by atoms with Gasteiger partial charge in [-0.3, -0.25) is 4.79 Å². The van der Waals surface area contributed by atoms with Crippen molar-refractivity contribution in [2.75, 3.05) is 6.61 Å². The van der Waals surface area contributed by atoms with Gasteiger partial charge in [0, 0.05) is 32.6 Å². The molecule has 0 saturated heterocycles. The van der Waals surface area contributed by atoms with Crippen LogP contribution in [0.15, 0.2) is 18.5 Å². The third-order valence-corrected chi connectivity index (χ3v) is 4.10. The van der Waals surface area contributed by atoms with Gasteiger partial charge in [0.15, 0.2) is 5.78 Å². The summed E-state index contributed by atoms with van der Waals surface area (Å²) in [7, 11) is -0.996. The van der Waals surface area contributed by atoms with Gasteiger partial charge in [-0.1, -0.05) is 19.6 Å². The van der Waals surface area contributed by atoms with Crippen molar-refractivity contribution in [3.05, 3.63) is 24.0 Å². The molecular formula is C12H21NO2Si. The molecule has 0 fully saturated rings. The highest BCUT2D eigenvalue weighted by molar-refractivity contribution is 6.76. The van der Waals surface area contributed by atoms with Gasteiger partial charge in [0.1, 0.15) is 6.73 Å². The minimum Gasteiger partial charge on any atom is -0.361 e. The van der Waals surface area contributed by atoms with E-state index in [0.29, 0.717) is 6.73 Å². The van der Waals surface area contributed by atoms with Crippen molar-refractivity contribution in [1.29, 1.82) is 0 Å². The Bertz CT molecular complexity index is 352. The lowest BCUT2D eigenvalue weighted by atomic mass is 10.2. The Balaban J connectivity index is 2.30. The number of ether oxygens (including phenoxy) is 1. The van der Waals surface area contributed by atoms with Crippen LogP contribution in [0, 0.1) is 0 Å². The van der Waals surface area contributed by atoms with E-state index in [-0.39, 0.29) is 5.78 Å². The van der Waals surface area contributed by atoms with Crippen molar-refractivity contribution in [3.63, 3.8) is 0 Å². The first kappa shape index (κ1) is 13.2. The molecule has 0 radical (unpaired) electrons. The van der Waals surface area contributed by atoms with E-state index >= 15 is 0 Å². The first-order chi connectivity index (χ1) is 7.38. The standard InChI is InChI=1S/C12H21NO2Si/c1-11(14)12-5-6-13(9-12)10-15-7-8-16(2,3)4/h5-6,9H,7-8,10H2,1-4H3. The van der Waals surface area contributed by atoms with E-state index in [0.717, 1.165) is 12.2 Å². The minimum absolute atomic E-state index is 0.0980. The summed E-state index contributed by atoms with van der Waals surface area (Å²) in [6.45, 7) is 9.92. The molecule has 0 aliphatic heterocycles. The highest BCUT2D eigenvalue weighted by atomic mass is 28.3. The van der Waals surface area contributed by atoms with Gasteiger partial charge in [-0.05, 0) is 19.0 Å². The van der Waals surface area contributed by atoms with Crippen molar-refractivity contribution in [2.24, 2.45) is 0 Å². The van der Waals surface area contributed by atoms with E-state index < -0.39 is 8.07 Å². The molecule has 0 spiro atoms. The van der Waals surface area contributed by atoms with Crippen molar-refractivity contribution in [3.8, 4) is 0 Å². The molecule has 0 aliphatic rings. The van der Waals surface area contributed by atoms with Crippen LogP contribution in [-0.4, -0.2) is 25.0 Å². The maximum Gasteiger partial charge on any atom is 0.161 e. The maximum absolute atomic E-state index is 11.1. The van der Waals surface area contributed by atoms with Gasteiger partial charge in [-0.15, -0.1) is 0 Å². The molecule has 1 aromatic heterocycles. The SMILES string of the molecule is CC(=O)c1ccn(COCC[Si](C)(C)C)c1. The zero-order valence-corrected chi connectivity index (χ0v) is 11.6. The Kier molecular flexibility index (Phi) is 4.50. The molecule has 1 heterocycles. The smallest absolute Gasteiger partial charge is 0.161 e. The van der Waals surface area contributed by atoms with Crippen LogP contribution in [-0.2, 0) is 11.5 Å². The molecule has 0 aromatic carbocycles. The quantitative estimate of drug-likeness (QED) is 0.434. The summed E-state index contributed by atoms with van der Waals surface area (Å²) < 4.78 is 7.48.